The summed E-state index contributed by atoms with van der Waals surface area (Å²) in [5.41, 5.74) is 0. The molecule has 0 saturated heterocycles. The van der Waals surface area contributed by atoms with Crippen molar-refractivity contribution in [2.75, 3.05) is 13.2 Å². The molecule has 0 atom stereocenters. The van der Waals surface area contributed by atoms with Crippen LogP contribution in [-0.2, 0) is 9.57 Å². The Kier molecular flexibility index (Phi) is 1.72. The Morgan fingerprint density at radius 1 is 1.62 bits per heavy atom. The average Bonchev–Trinajstić information content (AvgIpc) is 1.90. The van der Waals surface area contributed by atoms with Gasteiger partial charge in [-0.2, -0.15) is 0 Å². The maximum Gasteiger partial charge on any atom is 0.229 e. The first-order valence-electron chi connectivity index (χ1n) is 2.55. The van der Waals surface area contributed by atoms with Crippen LogP contribution in [0.1, 0.15) is 6.92 Å². The van der Waals surface area contributed by atoms with Gasteiger partial charge in [0.1, 0.15) is 6.61 Å². The Balaban J connectivity index is 2.37. The highest BCUT2D eigenvalue weighted by Crippen LogP contribution is 1.94. The molecule has 1 rings (SSSR count). The van der Waals surface area contributed by atoms with Gasteiger partial charge in [0.2, 0.25) is 5.90 Å². The summed E-state index contributed by atoms with van der Waals surface area (Å²) in [5.74, 6) is 0.580. The van der Waals surface area contributed by atoms with Gasteiger partial charge in [0.25, 0.3) is 0 Å². The van der Waals surface area contributed by atoms with Crippen LogP contribution >= 0.6 is 0 Å². The van der Waals surface area contributed by atoms with Crippen LogP contribution in [0, 0.1) is 6.42 Å². The molecule has 0 aromatic heterocycles. The summed E-state index contributed by atoms with van der Waals surface area (Å²) in [6.07, 6.45) is 1.76. The van der Waals surface area contributed by atoms with Gasteiger partial charge < -0.3 is 9.57 Å². The maximum atomic E-state index is 5.00. The van der Waals surface area contributed by atoms with E-state index < -0.39 is 0 Å². The second-order valence-corrected chi connectivity index (χ2v) is 1.40. The van der Waals surface area contributed by atoms with E-state index in [0.29, 0.717) is 19.1 Å². The molecule has 1 radical (unpaired) electrons. The molecule has 45 valence electrons. The van der Waals surface area contributed by atoms with E-state index in [0.717, 1.165) is 0 Å². The zero-order valence-electron chi connectivity index (χ0n) is 4.76. The van der Waals surface area contributed by atoms with Gasteiger partial charge in [0.15, 0.2) is 6.61 Å². The molecule has 3 heteroatoms. The summed E-state index contributed by atoms with van der Waals surface area (Å²) >= 11 is 0. The lowest BCUT2D eigenvalue weighted by Gasteiger charge is -2.10. The molecule has 0 aromatic rings. The Hall–Kier alpha value is -0.730. The minimum Gasteiger partial charge on any atom is -0.475 e. The number of rotatable bonds is 1. The molecule has 0 bridgehead atoms. The first kappa shape index (κ1) is 5.41. The number of ether oxygens (including phenoxy) is 1. The molecular weight excluding hydrogens is 106 g/mol. The predicted octanol–water partition coefficient (Wildman–Crippen LogP) is 0.571. The lowest BCUT2D eigenvalue weighted by molar-refractivity contribution is 0.0649. The van der Waals surface area contributed by atoms with Gasteiger partial charge >= 0.3 is 0 Å². The van der Waals surface area contributed by atoms with Crippen LogP contribution < -0.4 is 0 Å². The molecule has 1 aliphatic rings. The molecular formula is C5H8NO2. The van der Waals surface area contributed by atoms with Crippen molar-refractivity contribution in [1.82, 2.24) is 0 Å². The summed E-state index contributed by atoms with van der Waals surface area (Å²) in [4.78, 5) is 4.70. The molecule has 0 amide bonds. The van der Waals surface area contributed by atoms with Gasteiger partial charge in [-0.25, -0.2) is 0 Å². The molecule has 0 N–H and O–H groups in total. The van der Waals surface area contributed by atoms with Crippen molar-refractivity contribution in [2.45, 2.75) is 6.92 Å². The van der Waals surface area contributed by atoms with Gasteiger partial charge in [0, 0.05) is 6.42 Å². The highest BCUT2D eigenvalue weighted by molar-refractivity contribution is 5.83. The SMILES string of the molecule is C[CH]C1=NOCCO1. The third-order valence-corrected chi connectivity index (χ3v) is 0.826. The number of hydrogen-bond donors (Lipinski definition) is 0. The van der Waals surface area contributed by atoms with Crippen LogP contribution in [-0.4, -0.2) is 19.1 Å². The quantitative estimate of drug-likeness (QED) is 0.499. The summed E-state index contributed by atoms with van der Waals surface area (Å²) < 4.78 is 5.00. The summed E-state index contributed by atoms with van der Waals surface area (Å²) in [6.45, 7) is 3.04. The molecule has 0 spiro atoms. The first-order valence-corrected chi connectivity index (χ1v) is 2.55. The lowest BCUT2D eigenvalue weighted by Crippen LogP contribution is -2.15. The number of hydrogen-bond acceptors (Lipinski definition) is 3. The monoisotopic (exact) mass is 114 g/mol. The Labute approximate surface area is 48.3 Å². The Morgan fingerprint density at radius 2 is 2.50 bits per heavy atom. The Bertz CT molecular complexity index is 101. The second-order valence-electron chi connectivity index (χ2n) is 1.40. The highest BCUT2D eigenvalue weighted by Gasteiger charge is 2.02. The minimum atomic E-state index is 0.567. The number of oxime groups is 1. The van der Waals surface area contributed by atoms with Crippen molar-refractivity contribution in [2.24, 2.45) is 5.16 Å². The molecule has 1 heterocycles. The molecule has 8 heavy (non-hydrogen) atoms. The largest absolute Gasteiger partial charge is 0.475 e. The van der Waals surface area contributed by atoms with Gasteiger partial charge in [-0.1, -0.05) is 12.1 Å². The fourth-order valence-corrected chi connectivity index (χ4v) is 0.455. The van der Waals surface area contributed by atoms with E-state index in [9.17, 15) is 0 Å². The van der Waals surface area contributed by atoms with Crippen molar-refractivity contribution < 1.29 is 9.57 Å². The third kappa shape index (κ3) is 1.12. The first-order chi connectivity index (χ1) is 3.93. The normalized spacial score (nSPS) is 18.4. The molecule has 0 aromatic carbocycles. The van der Waals surface area contributed by atoms with Gasteiger partial charge in [0.05, 0.1) is 0 Å². The van der Waals surface area contributed by atoms with Crippen molar-refractivity contribution in [3.63, 3.8) is 0 Å². The Morgan fingerprint density at radius 3 is 2.88 bits per heavy atom. The predicted molar refractivity (Wildman–Crippen MR) is 29.3 cm³/mol. The minimum absolute atomic E-state index is 0.567. The standard InChI is InChI=1S/C5H8NO2/c1-2-5-6-8-4-3-7-5/h2H,3-4H2,1H3. The van der Waals surface area contributed by atoms with Crippen LogP contribution in [0.15, 0.2) is 5.16 Å². The summed E-state index contributed by atoms with van der Waals surface area (Å²) in [5, 5.41) is 3.59. The van der Waals surface area contributed by atoms with Crippen molar-refractivity contribution in [3.05, 3.63) is 6.42 Å². The highest BCUT2D eigenvalue weighted by atomic mass is 16.7. The molecule has 3 nitrogen and oxygen atoms in total. The van der Waals surface area contributed by atoms with Crippen molar-refractivity contribution in [3.8, 4) is 0 Å². The summed E-state index contributed by atoms with van der Waals surface area (Å²) in [6, 6.07) is 0. The van der Waals surface area contributed by atoms with Crippen LogP contribution in [0.2, 0.25) is 0 Å². The topological polar surface area (TPSA) is 30.8 Å². The second kappa shape index (κ2) is 2.55. The van der Waals surface area contributed by atoms with Crippen LogP contribution in [0.5, 0.6) is 0 Å². The average molecular weight is 114 g/mol. The van der Waals surface area contributed by atoms with E-state index in [1.165, 1.54) is 0 Å². The third-order valence-electron chi connectivity index (χ3n) is 0.826. The van der Waals surface area contributed by atoms with E-state index in [1.807, 2.05) is 6.92 Å². The molecule has 0 fully saturated rings. The van der Waals surface area contributed by atoms with Gasteiger partial charge in [-0.05, 0) is 0 Å². The van der Waals surface area contributed by atoms with E-state index in [4.69, 9.17) is 9.57 Å². The summed E-state index contributed by atoms with van der Waals surface area (Å²) in [7, 11) is 0. The van der Waals surface area contributed by atoms with Gasteiger partial charge in [-0.15, -0.1) is 0 Å². The fourth-order valence-electron chi connectivity index (χ4n) is 0.455. The maximum absolute atomic E-state index is 5.00. The zero-order valence-corrected chi connectivity index (χ0v) is 4.76. The van der Waals surface area contributed by atoms with Crippen LogP contribution in [0.3, 0.4) is 0 Å². The van der Waals surface area contributed by atoms with E-state index >= 15 is 0 Å². The zero-order chi connectivity index (χ0) is 5.82. The van der Waals surface area contributed by atoms with Crippen LogP contribution in [0.25, 0.3) is 0 Å². The van der Waals surface area contributed by atoms with E-state index in [1.54, 1.807) is 6.42 Å². The van der Waals surface area contributed by atoms with Gasteiger partial charge in [-0.3, -0.25) is 0 Å². The fraction of sp³-hybridized carbons (Fsp3) is 0.600. The van der Waals surface area contributed by atoms with Crippen molar-refractivity contribution >= 4 is 5.90 Å². The van der Waals surface area contributed by atoms with Crippen LogP contribution in [0.4, 0.5) is 0 Å². The lowest BCUT2D eigenvalue weighted by atomic mass is 10.5. The number of nitrogens with zero attached hydrogens (tertiary/aromatic N) is 1. The molecule has 0 unspecified atom stereocenters. The van der Waals surface area contributed by atoms with E-state index in [-0.39, 0.29) is 0 Å². The molecule has 0 saturated carbocycles. The molecule has 1 aliphatic heterocycles. The van der Waals surface area contributed by atoms with Crippen molar-refractivity contribution in [1.29, 1.82) is 0 Å². The van der Waals surface area contributed by atoms with E-state index in [2.05, 4.69) is 5.16 Å². The smallest absolute Gasteiger partial charge is 0.229 e. The molecule has 0 aliphatic carbocycles.